The fourth-order valence-electron chi connectivity index (χ4n) is 3.20. The van der Waals surface area contributed by atoms with E-state index in [2.05, 4.69) is 25.2 Å². The molecule has 1 N–H and O–H groups in total. The number of sulfonamides is 1. The number of halogens is 1. The zero-order chi connectivity index (χ0) is 18.1. The maximum atomic E-state index is 12.8. The smallest absolute Gasteiger partial charge is 0.263 e. The van der Waals surface area contributed by atoms with E-state index in [1.54, 1.807) is 30.3 Å². The van der Waals surface area contributed by atoms with E-state index in [-0.39, 0.29) is 4.90 Å². The lowest BCUT2D eigenvalue weighted by molar-refractivity contribution is 0.522. The quantitative estimate of drug-likeness (QED) is 0.663. The van der Waals surface area contributed by atoms with Gasteiger partial charge in [0.1, 0.15) is 10.7 Å². The minimum Gasteiger partial charge on any atom is -0.334 e. The molecule has 1 aliphatic rings. The summed E-state index contributed by atoms with van der Waals surface area (Å²) in [6, 6.07) is 14.1. The number of benzene rings is 2. The van der Waals surface area contributed by atoms with Gasteiger partial charge in [0.25, 0.3) is 10.0 Å². The first-order chi connectivity index (χ1) is 12.5. The highest BCUT2D eigenvalue weighted by molar-refractivity contribution is 9.10. The first kappa shape index (κ1) is 17.3. The Morgan fingerprint density at radius 1 is 1.04 bits per heavy atom. The third kappa shape index (κ3) is 3.29. The zero-order valence-corrected chi connectivity index (χ0v) is 16.4. The molecule has 1 aliphatic heterocycles. The number of rotatable bonds is 4. The molecule has 0 saturated heterocycles. The first-order valence-corrected chi connectivity index (χ1v) is 10.7. The molecule has 134 valence electrons. The molecule has 1 aromatic heterocycles. The van der Waals surface area contributed by atoms with Crippen molar-refractivity contribution in [3.8, 4) is 11.3 Å². The van der Waals surface area contributed by atoms with Gasteiger partial charge in [-0.25, -0.2) is 13.4 Å². The molecule has 0 saturated carbocycles. The molecule has 0 fully saturated rings. The lowest BCUT2D eigenvalue weighted by Crippen LogP contribution is -2.14. The van der Waals surface area contributed by atoms with Crippen LogP contribution >= 0.6 is 15.9 Å². The Hall–Kier alpha value is -2.12. The van der Waals surface area contributed by atoms with Gasteiger partial charge in [-0.2, -0.15) is 0 Å². The third-order valence-corrected chi connectivity index (χ3v) is 6.86. The third-order valence-electron chi connectivity index (χ3n) is 4.48. The van der Waals surface area contributed by atoms with Crippen LogP contribution in [-0.2, 0) is 23.0 Å². The molecule has 4 rings (SSSR count). The molecule has 7 heteroatoms. The molecule has 0 bridgehead atoms. The van der Waals surface area contributed by atoms with Gasteiger partial charge < -0.3 is 4.57 Å². The van der Waals surface area contributed by atoms with E-state index in [4.69, 9.17) is 4.98 Å². The lowest BCUT2D eigenvalue weighted by Gasteiger charge is -2.12. The normalized spacial score (nSPS) is 14.0. The minimum atomic E-state index is -3.71. The van der Waals surface area contributed by atoms with Crippen LogP contribution in [0.25, 0.3) is 11.3 Å². The van der Waals surface area contributed by atoms with Crippen molar-refractivity contribution in [2.75, 3.05) is 4.72 Å². The number of aryl methyl sites for hydroxylation is 2. The van der Waals surface area contributed by atoms with E-state index in [0.717, 1.165) is 42.9 Å². The average molecular weight is 432 g/mol. The second kappa shape index (κ2) is 6.89. The standard InChI is InChI=1S/C19H18BrN3O2S/c20-15-8-2-4-10-18(15)26(24,25)22-16-9-3-1-7-14(16)17-13-23-12-6-5-11-19(23)21-17/h1-4,7-10,13,22H,5-6,11-12H2. The highest BCUT2D eigenvalue weighted by Crippen LogP contribution is 2.31. The van der Waals surface area contributed by atoms with E-state index in [1.165, 1.54) is 0 Å². The largest absolute Gasteiger partial charge is 0.334 e. The van der Waals surface area contributed by atoms with E-state index >= 15 is 0 Å². The van der Waals surface area contributed by atoms with Crippen molar-refractivity contribution in [3.05, 3.63) is 65.0 Å². The molecule has 2 heterocycles. The Kier molecular flexibility index (Phi) is 4.58. The van der Waals surface area contributed by atoms with Gasteiger partial charge in [-0.15, -0.1) is 0 Å². The van der Waals surface area contributed by atoms with Crippen molar-refractivity contribution in [3.63, 3.8) is 0 Å². The topological polar surface area (TPSA) is 64.0 Å². The summed E-state index contributed by atoms with van der Waals surface area (Å²) >= 11 is 3.31. The van der Waals surface area contributed by atoms with Gasteiger partial charge in [0, 0.05) is 29.2 Å². The summed E-state index contributed by atoms with van der Waals surface area (Å²) in [7, 11) is -3.71. The predicted molar refractivity (Wildman–Crippen MR) is 106 cm³/mol. The van der Waals surface area contributed by atoms with Crippen molar-refractivity contribution in [1.29, 1.82) is 0 Å². The van der Waals surface area contributed by atoms with Crippen molar-refractivity contribution >= 4 is 31.6 Å². The van der Waals surface area contributed by atoms with Crippen LogP contribution < -0.4 is 4.72 Å². The van der Waals surface area contributed by atoms with E-state index in [0.29, 0.717) is 10.2 Å². The summed E-state index contributed by atoms with van der Waals surface area (Å²) in [5.74, 6) is 1.06. The van der Waals surface area contributed by atoms with Crippen LogP contribution in [0.15, 0.2) is 64.1 Å². The van der Waals surface area contributed by atoms with Crippen LogP contribution in [-0.4, -0.2) is 18.0 Å². The van der Waals surface area contributed by atoms with Crippen molar-refractivity contribution in [2.45, 2.75) is 30.7 Å². The van der Waals surface area contributed by atoms with Gasteiger partial charge >= 0.3 is 0 Å². The van der Waals surface area contributed by atoms with Crippen LogP contribution in [0.2, 0.25) is 0 Å². The first-order valence-electron chi connectivity index (χ1n) is 8.47. The zero-order valence-electron chi connectivity index (χ0n) is 14.0. The maximum absolute atomic E-state index is 12.8. The molecule has 0 spiro atoms. The number of imidazole rings is 1. The molecule has 26 heavy (non-hydrogen) atoms. The Bertz CT molecular complexity index is 1040. The Balaban J connectivity index is 1.73. The summed E-state index contributed by atoms with van der Waals surface area (Å²) in [5.41, 5.74) is 2.11. The molecule has 0 radical (unpaired) electrons. The minimum absolute atomic E-state index is 0.207. The Morgan fingerprint density at radius 2 is 1.81 bits per heavy atom. The lowest BCUT2D eigenvalue weighted by atomic mass is 10.1. The number of aromatic nitrogens is 2. The van der Waals surface area contributed by atoms with Crippen molar-refractivity contribution < 1.29 is 8.42 Å². The highest BCUT2D eigenvalue weighted by Gasteiger charge is 2.20. The number of anilines is 1. The van der Waals surface area contributed by atoms with Gasteiger partial charge in [0.05, 0.1) is 11.4 Å². The SMILES string of the molecule is O=S(=O)(Nc1ccccc1-c1cn2c(n1)CCCC2)c1ccccc1Br. The fraction of sp³-hybridized carbons (Fsp3) is 0.211. The Morgan fingerprint density at radius 3 is 2.62 bits per heavy atom. The molecule has 0 atom stereocenters. The summed E-state index contributed by atoms with van der Waals surface area (Å²) in [6.07, 6.45) is 5.27. The average Bonchev–Trinajstić information content (AvgIpc) is 3.06. The fourth-order valence-corrected chi connectivity index (χ4v) is 5.28. The number of hydrogen-bond donors (Lipinski definition) is 1. The van der Waals surface area contributed by atoms with Gasteiger partial charge in [-0.05, 0) is 47.0 Å². The summed E-state index contributed by atoms with van der Waals surface area (Å²) < 4.78 is 31.1. The van der Waals surface area contributed by atoms with Crippen LogP contribution in [0.1, 0.15) is 18.7 Å². The molecule has 5 nitrogen and oxygen atoms in total. The van der Waals surface area contributed by atoms with Crippen LogP contribution in [0.3, 0.4) is 0 Å². The molecular weight excluding hydrogens is 414 g/mol. The van der Waals surface area contributed by atoms with E-state index < -0.39 is 10.0 Å². The van der Waals surface area contributed by atoms with Gasteiger partial charge in [0.15, 0.2) is 0 Å². The predicted octanol–water partition coefficient (Wildman–Crippen LogP) is 4.45. The number of nitrogens with zero attached hydrogens (tertiary/aromatic N) is 2. The van der Waals surface area contributed by atoms with Gasteiger partial charge in [-0.1, -0.05) is 30.3 Å². The van der Waals surface area contributed by atoms with Crippen molar-refractivity contribution in [1.82, 2.24) is 9.55 Å². The second-order valence-corrected chi connectivity index (χ2v) is 8.78. The summed E-state index contributed by atoms with van der Waals surface area (Å²) in [4.78, 5) is 4.93. The number of nitrogens with one attached hydrogen (secondary N) is 1. The molecule has 2 aromatic carbocycles. The Labute approximate surface area is 161 Å². The monoisotopic (exact) mass is 431 g/mol. The van der Waals surface area contributed by atoms with Gasteiger partial charge in [-0.3, -0.25) is 4.72 Å². The number of hydrogen-bond acceptors (Lipinski definition) is 3. The molecular formula is C19H18BrN3O2S. The number of fused-ring (bicyclic) bond motifs is 1. The van der Waals surface area contributed by atoms with E-state index in [9.17, 15) is 8.42 Å². The summed E-state index contributed by atoms with van der Waals surface area (Å²) in [6.45, 7) is 0.965. The van der Waals surface area contributed by atoms with Crippen molar-refractivity contribution in [2.24, 2.45) is 0 Å². The number of para-hydroxylation sites is 1. The molecule has 0 amide bonds. The van der Waals surface area contributed by atoms with Crippen LogP contribution in [0.4, 0.5) is 5.69 Å². The highest BCUT2D eigenvalue weighted by atomic mass is 79.9. The van der Waals surface area contributed by atoms with E-state index in [1.807, 2.05) is 24.4 Å². The summed E-state index contributed by atoms with van der Waals surface area (Å²) in [5, 5.41) is 0. The van der Waals surface area contributed by atoms with Crippen LogP contribution in [0.5, 0.6) is 0 Å². The molecule has 0 aliphatic carbocycles. The second-order valence-electron chi connectivity index (χ2n) is 6.27. The maximum Gasteiger partial charge on any atom is 0.263 e. The van der Waals surface area contributed by atoms with Crippen LogP contribution in [0, 0.1) is 0 Å². The molecule has 3 aromatic rings. The molecule has 0 unspecified atom stereocenters. The van der Waals surface area contributed by atoms with Gasteiger partial charge in [0.2, 0.25) is 0 Å².